The number of aliphatic hydroxyl groups excluding tert-OH is 1. The van der Waals surface area contributed by atoms with E-state index in [4.69, 9.17) is 5.11 Å². The van der Waals surface area contributed by atoms with Crippen molar-refractivity contribution >= 4 is 15.9 Å². The number of halogens is 1. The first kappa shape index (κ1) is 11.4. The zero-order chi connectivity index (χ0) is 11.5. The van der Waals surface area contributed by atoms with E-state index >= 15 is 0 Å². The summed E-state index contributed by atoms with van der Waals surface area (Å²) in [6, 6.07) is 7.96. The Kier molecular flexibility index (Phi) is 3.41. The predicted molar refractivity (Wildman–Crippen MR) is 66.8 cm³/mol. The molecule has 2 aromatic rings. The third-order valence-corrected chi connectivity index (χ3v) is 2.95. The van der Waals surface area contributed by atoms with Gasteiger partial charge in [0.2, 0.25) is 0 Å². The molecule has 4 heteroatoms. The lowest BCUT2D eigenvalue weighted by Gasteiger charge is -2.00. The van der Waals surface area contributed by atoms with E-state index in [9.17, 15) is 0 Å². The van der Waals surface area contributed by atoms with Gasteiger partial charge in [0.25, 0.3) is 0 Å². The molecule has 1 heterocycles. The summed E-state index contributed by atoms with van der Waals surface area (Å²) in [5, 5.41) is 13.3. The summed E-state index contributed by atoms with van der Waals surface area (Å²) in [5.41, 5.74) is 3.07. The topological polar surface area (TPSA) is 38.0 Å². The lowest BCUT2D eigenvalue weighted by molar-refractivity contribution is 0.299. The predicted octanol–water partition coefficient (Wildman–Crippen LogP) is 2.48. The number of aliphatic hydroxyl groups is 1. The van der Waals surface area contributed by atoms with Crippen LogP contribution in [0.2, 0.25) is 0 Å². The molecule has 0 bridgehead atoms. The van der Waals surface area contributed by atoms with Gasteiger partial charge in [-0.15, -0.1) is 0 Å². The minimum atomic E-state index is 0.158. The highest BCUT2D eigenvalue weighted by Crippen LogP contribution is 2.16. The van der Waals surface area contributed by atoms with Crippen LogP contribution in [0.15, 0.2) is 34.9 Å². The van der Waals surface area contributed by atoms with E-state index in [1.165, 1.54) is 0 Å². The number of aromatic nitrogens is 2. The summed E-state index contributed by atoms with van der Waals surface area (Å²) in [6.45, 7) is 2.12. The molecule has 0 fully saturated rings. The second-order valence-corrected chi connectivity index (χ2v) is 4.55. The van der Waals surface area contributed by atoms with Gasteiger partial charge in [-0.05, 0) is 37.1 Å². The number of aryl methyl sites for hydroxylation is 1. The van der Waals surface area contributed by atoms with E-state index in [1.807, 2.05) is 42.1 Å². The molecule has 0 aliphatic rings. The average molecular weight is 281 g/mol. The van der Waals surface area contributed by atoms with Crippen LogP contribution in [0.25, 0.3) is 5.69 Å². The van der Waals surface area contributed by atoms with Gasteiger partial charge in [0.05, 0.1) is 11.4 Å². The average Bonchev–Trinajstić information content (AvgIpc) is 2.61. The molecule has 3 nitrogen and oxygen atoms in total. The maximum atomic E-state index is 8.92. The molecule has 0 saturated heterocycles. The Morgan fingerprint density at radius 1 is 1.44 bits per heavy atom. The Morgan fingerprint density at radius 3 is 2.94 bits per heavy atom. The van der Waals surface area contributed by atoms with E-state index < -0.39 is 0 Å². The number of nitrogens with zero attached hydrogens (tertiary/aromatic N) is 2. The van der Waals surface area contributed by atoms with Crippen LogP contribution in [0.4, 0.5) is 0 Å². The van der Waals surface area contributed by atoms with Crippen molar-refractivity contribution in [2.75, 3.05) is 6.61 Å². The Balaban J connectivity index is 2.37. The van der Waals surface area contributed by atoms with E-state index in [2.05, 4.69) is 21.0 Å². The molecule has 1 aromatic heterocycles. The maximum absolute atomic E-state index is 8.92. The fourth-order valence-electron chi connectivity index (χ4n) is 1.61. The molecule has 0 unspecified atom stereocenters. The second-order valence-electron chi connectivity index (χ2n) is 3.64. The highest BCUT2D eigenvalue weighted by Gasteiger charge is 2.05. The van der Waals surface area contributed by atoms with Gasteiger partial charge >= 0.3 is 0 Å². The van der Waals surface area contributed by atoms with Crippen LogP contribution in [-0.2, 0) is 6.42 Å². The van der Waals surface area contributed by atoms with E-state index in [1.54, 1.807) is 0 Å². The minimum Gasteiger partial charge on any atom is -0.396 e. The summed E-state index contributed by atoms with van der Waals surface area (Å²) >= 11 is 3.43. The molecule has 0 atom stereocenters. The third-order valence-electron chi connectivity index (χ3n) is 2.45. The van der Waals surface area contributed by atoms with E-state index in [0.29, 0.717) is 6.42 Å². The molecule has 84 valence electrons. The first-order chi connectivity index (χ1) is 7.70. The monoisotopic (exact) mass is 280 g/mol. The van der Waals surface area contributed by atoms with Gasteiger partial charge in [0.15, 0.2) is 0 Å². The highest BCUT2D eigenvalue weighted by molar-refractivity contribution is 9.10. The molecule has 1 aromatic carbocycles. The summed E-state index contributed by atoms with van der Waals surface area (Å²) in [7, 11) is 0. The van der Waals surface area contributed by atoms with Crippen LogP contribution in [0.3, 0.4) is 0 Å². The lowest BCUT2D eigenvalue weighted by Crippen LogP contribution is -1.94. The zero-order valence-corrected chi connectivity index (χ0v) is 10.6. The van der Waals surface area contributed by atoms with Crippen LogP contribution in [-0.4, -0.2) is 21.5 Å². The Bertz CT molecular complexity index is 494. The van der Waals surface area contributed by atoms with Crippen molar-refractivity contribution in [3.8, 4) is 5.69 Å². The molecule has 0 radical (unpaired) electrons. The van der Waals surface area contributed by atoms with Crippen molar-refractivity contribution in [3.63, 3.8) is 0 Å². The van der Waals surface area contributed by atoms with E-state index in [0.717, 1.165) is 21.4 Å². The number of hydrogen-bond acceptors (Lipinski definition) is 2. The van der Waals surface area contributed by atoms with Crippen LogP contribution in [0, 0.1) is 6.92 Å². The highest BCUT2D eigenvalue weighted by atomic mass is 79.9. The van der Waals surface area contributed by atoms with Crippen molar-refractivity contribution in [2.24, 2.45) is 0 Å². The molecule has 2 rings (SSSR count). The molecular formula is C12H13BrN2O. The largest absolute Gasteiger partial charge is 0.396 e. The summed E-state index contributed by atoms with van der Waals surface area (Å²) in [5.74, 6) is 0. The van der Waals surface area contributed by atoms with Gasteiger partial charge in [-0.1, -0.05) is 22.0 Å². The fourth-order valence-corrected chi connectivity index (χ4v) is 2.00. The molecule has 0 saturated carbocycles. The van der Waals surface area contributed by atoms with Crippen LogP contribution < -0.4 is 0 Å². The SMILES string of the molecule is Cc1nn(-c2cccc(Br)c2)cc1CCO. The zero-order valence-electron chi connectivity index (χ0n) is 9.02. The maximum Gasteiger partial charge on any atom is 0.0657 e. The van der Waals surface area contributed by atoms with Crippen molar-refractivity contribution in [3.05, 3.63) is 46.2 Å². The Hall–Kier alpha value is -1.13. The van der Waals surface area contributed by atoms with Gasteiger partial charge in [-0.2, -0.15) is 5.10 Å². The fraction of sp³-hybridized carbons (Fsp3) is 0.250. The molecular weight excluding hydrogens is 268 g/mol. The first-order valence-electron chi connectivity index (χ1n) is 5.12. The normalized spacial score (nSPS) is 10.7. The molecule has 1 N–H and O–H groups in total. The van der Waals surface area contributed by atoms with Crippen molar-refractivity contribution in [1.82, 2.24) is 9.78 Å². The summed E-state index contributed by atoms with van der Waals surface area (Å²) in [6.07, 6.45) is 2.62. The van der Waals surface area contributed by atoms with Crippen LogP contribution in [0.5, 0.6) is 0 Å². The van der Waals surface area contributed by atoms with Gasteiger partial charge in [0, 0.05) is 17.3 Å². The second kappa shape index (κ2) is 4.80. The lowest BCUT2D eigenvalue weighted by atomic mass is 10.2. The molecule has 16 heavy (non-hydrogen) atoms. The number of rotatable bonds is 3. The Labute approximate surface area is 103 Å². The number of hydrogen-bond donors (Lipinski definition) is 1. The molecule has 0 aliphatic carbocycles. The molecule has 0 spiro atoms. The first-order valence-corrected chi connectivity index (χ1v) is 5.92. The third kappa shape index (κ3) is 2.33. The molecule has 0 aliphatic heterocycles. The van der Waals surface area contributed by atoms with Crippen molar-refractivity contribution in [1.29, 1.82) is 0 Å². The quantitative estimate of drug-likeness (QED) is 0.938. The smallest absolute Gasteiger partial charge is 0.0657 e. The standard InChI is InChI=1S/C12H13BrN2O/c1-9-10(5-6-16)8-15(14-9)12-4-2-3-11(13)7-12/h2-4,7-8,16H,5-6H2,1H3. The van der Waals surface area contributed by atoms with Crippen molar-refractivity contribution in [2.45, 2.75) is 13.3 Å². The van der Waals surface area contributed by atoms with Gasteiger partial charge < -0.3 is 5.11 Å². The van der Waals surface area contributed by atoms with Crippen molar-refractivity contribution < 1.29 is 5.11 Å². The summed E-state index contributed by atoms with van der Waals surface area (Å²) in [4.78, 5) is 0. The minimum absolute atomic E-state index is 0.158. The molecule has 0 amide bonds. The van der Waals surface area contributed by atoms with Gasteiger partial charge in [0.1, 0.15) is 0 Å². The Morgan fingerprint density at radius 2 is 2.25 bits per heavy atom. The summed E-state index contributed by atoms with van der Waals surface area (Å²) < 4.78 is 2.87. The van der Waals surface area contributed by atoms with Crippen LogP contribution in [0.1, 0.15) is 11.3 Å². The van der Waals surface area contributed by atoms with Crippen LogP contribution >= 0.6 is 15.9 Å². The van der Waals surface area contributed by atoms with Gasteiger partial charge in [-0.25, -0.2) is 4.68 Å². The van der Waals surface area contributed by atoms with Gasteiger partial charge in [-0.3, -0.25) is 0 Å². The van der Waals surface area contributed by atoms with E-state index in [-0.39, 0.29) is 6.61 Å². The number of benzene rings is 1.